The van der Waals surface area contributed by atoms with Gasteiger partial charge in [-0.05, 0) is 32.6 Å². The lowest BCUT2D eigenvalue weighted by molar-refractivity contribution is -0.136. The Morgan fingerprint density at radius 1 is 1.23 bits per heavy atom. The zero-order valence-electron chi connectivity index (χ0n) is 13.2. The largest absolute Gasteiger partial charge is 0.345 e. The van der Waals surface area contributed by atoms with Gasteiger partial charge in [-0.2, -0.15) is 4.37 Å². The monoisotopic (exact) mass is 323 g/mol. The van der Waals surface area contributed by atoms with Crippen molar-refractivity contribution in [1.29, 1.82) is 0 Å². The smallest absolute Gasteiger partial charge is 0.225 e. The molecule has 2 atom stereocenters. The minimum Gasteiger partial charge on any atom is -0.345 e. The molecule has 0 aromatic carbocycles. The van der Waals surface area contributed by atoms with Crippen LogP contribution in [-0.2, 0) is 4.79 Å². The maximum atomic E-state index is 12.7. The maximum Gasteiger partial charge on any atom is 0.225 e. The van der Waals surface area contributed by atoms with Crippen molar-refractivity contribution in [3.63, 3.8) is 0 Å². The van der Waals surface area contributed by atoms with Crippen LogP contribution in [-0.4, -0.2) is 52.4 Å². The summed E-state index contributed by atoms with van der Waals surface area (Å²) in [5.74, 6) is 1.28. The summed E-state index contributed by atoms with van der Waals surface area (Å²) in [6, 6.07) is 0.204. The van der Waals surface area contributed by atoms with E-state index in [2.05, 4.69) is 14.3 Å². The van der Waals surface area contributed by atoms with Crippen LogP contribution in [0.1, 0.15) is 37.9 Å². The lowest BCUT2D eigenvalue weighted by Crippen LogP contribution is -2.42. The van der Waals surface area contributed by atoms with E-state index in [4.69, 9.17) is 5.73 Å². The molecular formula is C15H25N5OS. The topological polar surface area (TPSA) is 75.4 Å². The minimum atomic E-state index is 0.138. The maximum absolute atomic E-state index is 12.7. The highest BCUT2D eigenvalue weighted by atomic mass is 32.1. The van der Waals surface area contributed by atoms with E-state index < -0.39 is 0 Å². The molecule has 22 heavy (non-hydrogen) atoms. The molecular weight excluding hydrogens is 298 g/mol. The van der Waals surface area contributed by atoms with Gasteiger partial charge in [0.25, 0.3) is 0 Å². The molecule has 2 fully saturated rings. The Balaban J connectivity index is 1.59. The van der Waals surface area contributed by atoms with Crippen LogP contribution in [0.3, 0.4) is 0 Å². The van der Waals surface area contributed by atoms with Crippen molar-refractivity contribution in [3.8, 4) is 0 Å². The van der Waals surface area contributed by atoms with E-state index in [1.54, 1.807) is 0 Å². The van der Waals surface area contributed by atoms with Gasteiger partial charge in [-0.1, -0.05) is 6.42 Å². The molecule has 1 aliphatic carbocycles. The van der Waals surface area contributed by atoms with Crippen molar-refractivity contribution in [2.75, 3.05) is 31.1 Å². The highest BCUT2D eigenvalue weighted by molar-refractivity contribution is 7.09. The Morgan fingerprint density at radius 2 is 2.09 bits per heavy atom. The quantitative estimate of drug-likeness (QED) is 0.890. The summed E-state index contributed by atoms with van der Waals surface area (Å²) < 4.78 is 4.25. The van der Waals surface area contributed by atoms with Crippen molar-refractivity contribution in [3.05, 3.63) is 5.82 Å². The summed E-state index contributed by atoms with van der Waals surface area (Å²) >= 11 is 1.45. The predicted molar refractivity (Wildman–Crippen MR) is 88.0 cm³/mol. The van der Waals surface area contributed by atoms with E-state index in [0.717, 1.165) is 69.2 Å². The summed E-state index contributed by atoms with van der Waals surface area (Å²) in [6.07, 6.45) is 5.00. The van der Waals surface area contributed by atoms with E-state index in [0.29, 0.717) is 5.91 Å². The molecule has 122 valence electrons. The zero-order valence-corrected chi connectivity index (χ0v) is 14.0. The molecule has 2 N–H and O–H groups in total. The molecule has 1 saturated carbocycles. The number of amides is 1. The van der Waals surface area contributed by atoms with E-state index in [1.165, 1.54) is 11.5 Å². The number of carbonyl (C=O) groups is 1. The fourth-order valence-electron chi connectivity index (χ4n) is 3.45. The molecule has 0 bridgehead atoms. The van der Waals surface area contributed by atoms with E-state index in [9.17, 15) is 4.79 Å². The first-order valence-electron chi connectivity index (χ1n) is 8.23. The average Bonchev–Trinajstić information content (AvgIpc) is 2.80. The Morgan fingerprint density at radius 3 is 2.82 bits per heavy atom. The third kappa shape index (κ3) is 3.57. The van der Waals surface area contributed by atoms with Crippen LogP contribution >= 0.6 is 11.5 Å². The van der Waals surface area contributed by atoms with Gasteiger partial charge in [0.05, 0.1) is 0 Å². The van der Waals surface area contributed by atoms with Crippen molar-refractivity contribution in [2.24, 2.45) is 11.7 Å². The van der Waals surface area contributed by atoms with Gasteiger partial charge in [0.15, 0.2) is 0 Å². The summed E-state index contributed by atoms with van der Waals surface area (Å²) in [4.78, 5) is 21.5. The SMILES string of the molecule is Cc1nsc(N2CCCN(C(=O)[C@@H]3CCC[C@H](N)C3)CC2)n1. The number of aryl methyl sites for hydroxylation is 1. The minimum absolute atomic E-state index is 0.138. The number of rotatable bonds is 2. The molecule has 1 aromatic rings. The van der Waals surface area contributed by atoms with Crippen LogP contribution in [0.25, 0.3) is 0 Å². The molecule has 1 aromatic heterocycles. The Hall–Kier alpha value is -1.21. The van der Waals surface area contributed by atoms with Crippen LogP contribution in [0.2, 0.25) is 0 Å². The number of hydrogen-bond donors (Lipinski definition) is 1. The Labute approximate surface area is 135 Å². The first-order valence-corrected chi connectivity index (χ1v) is 9.00. The fourth-order valence-corrected chi connectivity index (χ4v) is 4.18. The lowest BCUT2D eigenvalue weighted by Gasteiger charge is -2.30. The molecule has 7 heteroatoms. The third-order valence-electron chi connectivity index (χ3n) is 4.66. The lowest BCUT2D eigenvalue weighted by atomic mass is 9.85. The van der Waals surface area contributed by atoms with Gasteiger partial charge in [0, 0.05) is 49.7 Å². The van der Waals surface area contributed by atoms with Crippen LogP contribution in [0.15, 0.2) is 0 Å². The molecule has 0 radical (unpaired) electrons. The molecule has 1 aliphatic heterocycles. The fraction of sp³-hybridized carbons (Fsp3) is 0.800. The second kappa shape index (κ2) is 6.91. The molecule has 0 spiro atoms. The van der Waals surface area contributed by atoms with E-state index in [-0.39, 0.29) is 12.0 Å². The number of hydrogen-bond acceptors (Lipinski definition) is 6. The van der Waals surface area contributed by atoms with Crippen molar-refractivity contribution < 1.29 is 4.79 Å². The summed E-state index contributed by atoms with van der Waals surface area (Å²) in [7, 11) is 0. The number of carbonyl (C=O) groups excluding carboxylic acids is 1. The van der Waals surface area contributed by atoms with Crippen molar-refractivity contribution in [2.45, 2.75) is 45.1 Å². The average molecular weight is 323 g/mol. The highest BCUT2D eigenvalue weighted by Crippen LogP contribution is 2.26. The van der Waals surface area contributed by atoms with Crippen molar-refractivity contribution >= 4 is 22.6 Å². The van der Waals surface area contributed by atoms with Gasteiger partial charge in [-0.3, -0.25) is 4.79 Å². The molecule has 3 rings (SSSR count). The standard InChI is InChI=1S/C15H25N5OS/c1-11-17-15(22-18-11)20-7-3-6-19(8-9-20)14(21)12-4-2-5-13(16)10-12/h12-13H,2-10,16H2,1H3/t12-,13+/m1/s1. The second-order valence-corrected chi connectivity index (χ2v) is 7.14. The van der Waals surface area contributed by atoms with Crippen LogP contribution in [0, 0.1) is 12.8 Å². The summed E-state index contributed by atoms with van der Waals surface area (Å²) in [5, 5.41) is 0.978. The molecule has 0 unspecified atom stereocenters. The first-order chi connectivity index (χ1) is 10.6. The normalized spacial score (nSPS) is 26.8. The highest BCUT2D eigenvalue weighted by Gasteiger charge is 2.30. The Bertz CT molecular complexity index is 520. The number of aromatic nitrogens is 2. The van der Waals surface area contributed by atoms with Gasteiger partial charge in [-0.15, -0.1) is 0 Å². The molecule has 2 heterocycles. The van der Waals surface area contributed by atoms with E-state index in [1.807, 2.05) is 11.8 Å². The summed E-state index contributed by atoms with van der Waals surface area (Å²) in [5.41, 5.74) is 6.03. The first kappa shape index (κ1) is 15.7. The van der Waals surface area contributed by atoms with Gasteiger partial charge < -0.3 is 15.5 Å². The number of anilines is 1. The molecule has 2 aliphatic rings. The molecule has 1 amide bonds. The Kier molecular flexibility index (Phi) is 4.93. The number of nitrogens with zero attached hydrogens (tertiary/aromatic N) is 4. The zero-order chi connectivity index (χ0) is 15.5. The van der Waals surface area contributed by atoms with Gasteiger partial charge >= 0.3 is 0 Å². The van der Waals surface area contributed by atoms with Gasteiger partial charge in [0.1, 0.15) is 5.82 Å². The van der Waals surface area contributed by atoms with Gasteiger partial charge in [-0.25, -0.2) is 4.98 Å². The van der Waals surface area contributed by atoms with Crippen LogP contribution in [0.5, 0.6) is 0 Å². The number of nitrogens with two attached hydrogens (primary N) is 1. The second-order valence-electron chi connectivity index (χ2n) is 6.41. The van der Waals surface area contributed by atoms with Gasteiger partial charge in [0.2, 0.25) is 11.0 Å². The third-order valence-corrected chi connectivity index (χ3v) is 5.53. The van der Waals surface area contributed by atoms with E-state index >= 15 is 0 Å². The van der Waals surface area contributed by atoms with Crippen molar-refractivity contribution in [1.82, 2.24) is 14.3 Å². The molecule has 6 nitrogen and oxygen atoms in total. The predicted octanol–water partition coefficient (Wildman–Crippen LogP) is 1.40. The van der Waals surface area contributed by atoms with Crippen LogP contribution < -0.4 is 10.6 Å². The molecule has 1 saturated heterocycles. The van der Waals surface area contributed by atoms with Crippen LogP contribution in [0.4, 0.5) is 5.13 Å². The summed E-state index contributed by atoms with van der Waals surface area (Å²) in [6.45, 7) is 5.34.